The Morgan fingerprint density at radius 1 is 1.82 bits per heavy atom. The molecule has 2 atom stereocenters. The van der Waals surface area contributed by atoms with E-state index in [0.29, 0.717) is 0 Å². The zero-order chi connectivity index (χ0) is 8.85. The molecule has 5 heteroatoms. The molecule has 62 valence electrons. The molecule has 11 heavy (non-hydrogen) atoms. The minimum atomic E-state index is -1.29. The quantitative estimate of drug-likeness (QED) is 0.625. The van der Waals surface area contributed by atoms with Gasteiger partial charge in [0.15, 0.2) is 0 Å². The molecule has 2 N–H and O–H groups in total. The zero-order valence-corrected chi connectivity index (χ0v) is 7.06. The maximum absolute atomic E-state index is 11.0. The number of carbonyl (C=O) groups is 1. The van der Waals surface area contributed by atoms with Crippen molar-refractivity contribution >= 4 is 16.7 Å². The van der Waals surface area contributed by atoms with E-state index >= 15 is 0 Å². The maximum atomic E-state index is 11.0. The fourth-order valence-electron chi connectivity index (χ4n) is 0.504. The largest absolute Gasteiger partial charge is 0.369 e. The van der Waals surface area contributed by atoms with Crippen LogP contribution in [0.15, 0.2) is 0 Å². The van der Waals surface area contributed by atoms with E-state index in [1.54, 1.807) is 6.92 Å². The van der Waals surface area contributed by atoms with E-state index in [2.05, 4.69) is 0 Å². The predicted molar refractivity (Wildman–Crippen MR) is 41.9 cm³/mol. The molecule has 0 saturated heterocycles. The molecule has 0 fully saturated rings. The van der Waals surface area contributed by atoms with Crippen LogP contribution in [0.3, 0.4) is 0 Å². The lowest BCUT2D eigenvalue weighted by atomic mass is 10.4. The highest BCUT2D eigenvalue weighted by Gasteiger charge is 2.12. The fraction of sp³-hybridized carbons (Fsp3) is 0.667. The average Bonchev–Trinajstić information content (AvgIpc) is 1.86. The first kappa shape index (κ1) is 10.1. The van der Waals surface area contributed by atoms with Gasteiger partial charge in [-0.05, 0) is 6.92 Å². The number of hydrogen-bond acceptors (Lipinski definition) is 3. The Bertz CT molecular complexity index is 209. The number of amides is 1. The van der Waals surface area contributed by atoms with Crippen molar-refractivity contribution in [1.29, 1.82) is 5.26 Å². The number of nitriles is 1. The molecule has 0 rings (SSSR count). The third-order valence-electron chi connectivity index (χ3n) is 1.11. The third kappa shape index (κ3) is 4.51. The van der Waals surface area contributed by atoms with Gasteiger partial charge in [0.1, 0.15) is 5.75 Å². The molecule has 0 aromatic heterocycles. The molecule has 0 spiro atoms. The molecule has 0 bridgehead atoms. The first-order chi connectivity index (χ1) is 5.07. The van der Waals surface area contributed by atoms with Crippen molar-refractivity contribution in [1.82, 2.24) is 0 Å². The number of rotatable bonds is 4. The van der Waals surface area contributed by atoms with Crippen LogP contribution in [0.2, 0.25) is 0 Å². The second-order valence-electron chi connectivity index (χ2n) is 2.16. The Kier molecular flexibility index (Phi) is 4.46. The molecule has 0 heterocycles. The molecule has 0 radical (unpaired) electrons. The SMILES string of the molecule is CC(CC#N)S(=O)CC(N)=O. The predicted octanol–water partition coefficient (Wildman–Crippen LogP) is -0.477. The first-order valence-electron chi connectivity index (χ1n) is 3.10. The first-order valence-corrected chi connectivity index (χ1v) is 4.48. The van der Waals surface area contributed by atoms with Gasteiger partial charge in [-0.1, -0.05) is 0 Å². The highest BCUT2D eigenvalue weighted by atomic mass is 32.2. The summed E-state index contributed by atoms with van der Waals surface area (Å²) in [6.07, 6.45) is 0.194. The number of nitrogens with zero attached hydrogens (tertiary/aromatic N) is 1. The topological polar surface area (TPSA) is 83.9 Å². The van der Waals surface area contributed by atoms with Gasteiger partial charge in [0.2, 0.25) is 5.91 Å². The van der Waals surface area contributed by atoms with Crippen molar-refractivity contribution in [3.63, 3.8) is 0 Å². The van der Waals surface area contributed by atoms with E-state index in [1.807, 2.05) is 6.07 Å². The van der Waals surface area contributed by atoms with Gasteiger partial charge in [0, 0.05) is 22.5 Å². The van der Waals surface area contributed by atoms with Crippen molar-refractivity contribution < 1.29 is 9.00 Å². The van der Waals surface area contributed by atoms with Crippen LogP contribution in [0, 0.1) is 11.3 Å². The van der Waals surface area contributed by atoms with Crippen molar-refractivity contribution in [3.05, 3.63) is 0 Å². The van der Waals surface area contributed by atoms with Gasteiger partial charge in [-0.25, -0.2) is 0 Å². The average molecular weight is 174 g/mol. The Morgan fingerprint density at radius 2 is 2.36 bits per heavy atom. The van der Waals surface area contributed by atoms with E-state index < -0.39 is 16.7 Å². The lowest BCUT2D eigenvalue weighted by Crippen LogP contribution is -2.24. The molecule has 0 aliphatic heterocycles. The van der Waals surface area contributed by atoms with Gasteiger partial charge in [-0.3, -0.25) is 9.00 Å². The highest BCUT2D eigenvalue weighted by Crippen LogP contribution is 1.99. The summed E-state index contributed by atoms with van der Waals surface area (Å²) in [6, 6.07) is 1.88. The van der Waals surface area contributed by atoms with Crippen LogP contribution in [-0.2, 0) is 15.6 Å². The molecule has 0 aromatic rings. The molecular weight excluding hydrogens is 164 g/mol. The van der Waals surface area contributed by atoms with Crippen LogP contribution in [-0.4, -0.2) is 21.1 Å². The molecule has 2 unspecified atom stereocenters. The smallest absolute Gasteiger partial charge is 0.230 e. The second-order valence-corrected chi connectivity index (χ2v) is 4.02. The van der Waals surface area contributed by atoms with Crippen LogP contribution in [0.4, 0.5) is 0 Å². The summed E-state index contributed by atoms with van der Waals surface area (Å²) in [5.41, 5.74) is 4.81. The van der Waals surface area contributed by atoms with Gasteiger partial charge in [-0.2, -0.15) is 5.26 Å². The summed E-state index contributed by atoms with van der Waals surface area (Å²) < 4.78 is 11.0. The van der Waals surface area contributed by atoms with Crippen LogP contribution in [0.25, 0.3) is 0 Å². The van der Waals surface area contributed by atoms with Crippen molar-refractivity contribution in [3.8, 4) is 6.07 Å². The lowest BCUT2D eigenvalue weighted by Gasteiger charge is -2.03. The van der Waals surface area contributed by atoms with Crippen LogP contribution in [0.5, 0.6) is 0 Å². The normalized spacial score (nSPS) is 14.9. The molecule has 0 aliphatic carbocycles. The maximum Gasteiger partial charge on any atom is 0.230 e. The van der Waals surface area contributed by atoms with Crippen LogP contribution < -0.4 is 5.73 Å². The number of nitrogens with two attached hydrogens (primary N) is 1. The Labute approximate surface area is 67.8 Å². The van der Waals surface area contributed by atoms with Gasteiger partial charge >= 0.3 is 0 Å². The van der Waals surface area contributed by atoms with Crippen molar-refractivity contribution in [2.75, 3.05) is 5.75 Å². The minimum Gasteiger partial charge on any atom is -0.369 e. The zero-order valence-electron chi connectivity index (χ0n) is 6.24. The number of primary amides is 1. The Morgan fingerprint density at radius 3 is 2.73 bits per heavy atom. The summed E-state index contributed by atoms with van der Waals surface area (Å²) in [7, 11) is -1.29. The summed E-state index contributed by atoms with van der Waals surface area (Å²) >= 11 is 0. The monoisotopic (exact) mass is 174 g/mol. The molecule has 0 aromatic carbocycles. The molecule has 1 amide bonds. The van der Waals surface area contributed by atoms with E-state index in [-0.39, 0.29) is 17.4 Å². The Hall–Kier alpha value is -0.890. The van der Waals surface area contributed by atoms with Crippen LogP contribution in [0.1, 0.15) is 13.3 Å². The minimum absolute atomic E-state index is 0.150. The van der Waals surface area contributed by atoms with E-state index in [0.717, 1.165) is 0 Å². The molecule has 4 nitrogen and oxygen atoms in total. The van der Waals surface area contributed by atoms with Gasteiger partial charge in [-0.15, -0.1) is 0 Å². The molecular formula is C6H10N2O2S. The number of hydrogen-bond donors (Lipinski definition) is 1. The third-order valence-corrected chi connectivity index (χ3v) is 2.75. The number of carbonyl (C=O) groups excluding carboxylic acids is 1. The second kappa shape index (κ2) is 4.85. The van der Waals surface area contributed by atoms with E-state index in [4.69, 9.17) is 11.0 Å². The highest BCUT2D eigenvalue weighted by molar-refractivity contribution is 7.86. The van der Waals surface area contributed by atoms with Crippen molar-refractivity contribution in [2.24, 2.45) is 5.73 Å². The van der Waals surface area contributed by atoms with E-state index in [9.17, 15) is 9.00 Å². The van der Waals surface area contributed by atoms with Crippen molar-refractivity contribution in [2.45, 2.75) is 18.6 Å². The van der Waals surface area contributed by atoms with Gasteiger partial charge in [0.25, 0.3) is 0 Å². The summed E-state index contributed by atoms with van der Waals surface area (Å²) in [5, 5.41) is 7.95. The summed E-state index contributed by atoms with van der Waals surface area (Å²) in [4.78, 5) is 10.3. The standard InChI is InChI=1S/C6H10N2O2S/c1-5(2-3-7)11(10)4-6(8)9/h5H,2,4H2,1H3,(H2,8,9). The molecule has 0 aliphatic rings. The van der Waals surface area contributed by atoms with Gasteiger partial charge in [0.05, 0.1) is 6.07 Å². The summed E-state index contributed by atoms with van der Waals surface area (Å²) in [6.45, 7) is 1.66. The van der Waals surface area contributed by atoms with Crippen LogP contribution >= 0.6 is 0 Å². The lowest BCUT2D eigenvalue weighted by molar-refractivity contribution is -0.115. The molecule has 0 saturated carbocycles. The van der Waals surface area contributed by atoms with Gasteiger partial charge < -0.3 is 5.73 Å². The van der Waals surface area contributed by atoms with E-state index in [1.165, 1.54) is 0 Å². The summed E-state index contributed by atoms with van der Waals surface area (Å²) in [5.74, 6) is -0.740. The fourth-order valence-corrected chi connectivity index (χ4v) is 1.33. The Balaban J connectivity index is 3.85.